The van der Waals surface area contributed by atoms with Crippen molar-refractivity contribution < 1.29 is 29.0 Å². The lowest BCUT2D eigenvalue weighted by Gasteiger charge is -2.72. The fourth-order valence-electron chi connectivity index (χ4n) is 14.6. The van der Waals surface area contributed by atoms with Crippen LogP contribution in [0.5, 0.6) is 5.75 Å². The number of aliphatic carboxylic acids is 1. The largest absolute Gasteiger partial charge is 0.496 e. The Labute approximate surface area is 335 Å². The Kier molecular flexibility index (Phi) is 10.3. The van der Waals surface area contributed by atoms with Gasteiger partial charge < -0.3 is 19.9 Å². The van der Waals surface area contributed by atoms with Crippen molar-refractivity contribution in [2.24, 2.45) is 68.0 Å². The fourth-order valence-corrected chi connectivity index (χ4v) is 14.8. The monoisotopic (exact) mass is 777 g/mol. The molecular weight excluding hydrogens is 710 g/mol. The topological polar surface area (TPSA) is 102 Å². The van der Waals surface area contributed by atoms with E-state index < -0.39 is 17.3 Å². The Morgan fingerprint density at radius 1 is 0.909 bits per heavy atom. The molecule has 7 rings (SSSR count). The molecule has 2 N–H and O–H groups in total. The van der Waals surface area contributed by atoms with E-state index in [1.165, 1.54) is 12.0 Å². The molecule has 1 aromatic carbocycles. The molecule has 5 saturated carbocycles. The number of nitrogens with one attached hydrogen (secondary N) is 1. The molecule has 8 heteroatoms. The summed E-state index contributed by atoms with van der Waals surface area (Å²) in [5.41, 5.74) is 3.27. The van der Waals surface area contributed by atoms with Crippen LogP contribution in [0, 0.1) is 68.0 Å². The lowest BCUT2D eigenvalue weighted by Crippen LogP contribution is -2.66. The first kappa shape index (κ1) is 40.8. The summed E-state index contributed by atoms with van der Waals surface area (Å²) < 4.78 is 12.0. The Balaban J connectivity index is 1.10. The van der Waals surface area contributed by atoms with Crippen LogP contribution in [0.25, 0.3) is 0 Å². The summed E-state index contributed by atoms with van der Waals surface area (Å²) in [5.74, 6) is 0.907. The third kappa shape index (κ3) is 6.08. The van der Waals surface area contributed by atoms with Gasteiger partial charge in [0.1, 0.15) is 11.9 Å². The van der Waals surface area contributed by atoms with Crippen molar-refractivity contribution >= 4 is 29.3 Å². The summed E-state index contributed by atoms with van der Waals surface area (Å²) in [6, 6.07) is 5.81. The zero-order valence-corrected chi connectivity index (χ0v) is 36.1. The van der Waals surface area contributed by atoms with Crippen molar-refractivity contribution in [1.29, 1.82) is 0 Å². The molecular formula is C47H68ClNO6. The second kappa shape index (κ2) is 13.9. The molecule has 0 amide bonds. The number of halogens is 1. The fraction of sp³-hybridized carbons (Fsp3) is 0.766. The number of carbonyl (C=O) groups is 3. The Morgan fingerprint density at radius 3 is 2.29 bits per heavy atom. The Bertz CT molecular complexity index is 1760. The van der Waals surface area contributed by atoms with Crippen LogP contribution in [0.2, 0.25) is 5.02 Å². The summed E-state index contributed by atoms with van der Waals surface area (Å²) in [6.45, 7) is 22.3. The van der Waals surface area contributed by atoms with Gasteiger partial charge in [-0.05, 0) is 134 Å². The maximum absolute atomic E-state index is 14.1. The van der Waals surface area contributed by atoms with Crippen LogP contribution in [0.1, 0.15) is 139 Å². The molecule has 55 heavy (non-hydrogen) atoms. The summed E-state index contributed by atoms with van der Waals surface area (Å²) in [7, 11) is 1.68. The summed E-state index contributed by atoms with van der Waals surface area (Å²) >= 11 is 6.23. The number of carboxylic acid groups (broad SMARTS) is 1. The number of ether oxygens (including phenoxy) is 2. The molecule has 0 unspecified atom stereocenters. The minimum atomic E-state index is -0.819. The maximum Gasteiger partial charge on any atom is 0.309 e. The highest BCUT2D eigenvalue weighted by atomic mass is 35.5. The van der Waals surface area contributed by atoms with Crippen molar-refractivity contribution in [2.75, 3.05) is 13.7 Å². The molecule has 0 aliphatic heterocycles. The minimum absolute atomic E-state index is 0.0777. The van der Waals surface area contributed by atoms with Gasteiger partial charge in [-0.15, -0.1) is 0 Å². The smallest absolute Gasteiger partial charge is 0.309 e. The van der Waals surface area contributed by atoms with Gasteiger partial charge in [0.25, 0.3) is 0 Å². The van der Waals surface area contributed by atoms with Crippen molar-refractivity contribution in [3.8, 4) is 5.75 Å². The molecule has 0 bridgehead atoms. The molecule has 6 aliphatic rings. The number of Topliss-reactive ketones (excluding diaryl/α,β-unsaturated/α-hetero) is 1. The molecule has 7 nitrogen and oxygen atoms in total. The number of fused-ring (bicyclic) bond motifs is 7. The van der Waals surface area contributed by atoms with Crippen molar-refractivity contribution in [3.05, 3.63) is 39.9 Å². The SMILES string of the molecule is COc1cc(Cl)ccc1CNCC[C@@]12CC[C@]3(C)[C@H](CC[C@@H]4[C@@]5(C)CC[C@H](OC(=O)[C@H]6C[C@@H](C(=O)O)C6(C)C)C(C)(C)[C@@H]5CC[C@]43C)C1=C(C(C)C)C(=O)C2. The lowest BCUT2D eigenvalue weighted by molar-refractivity contribution is -0.236. The van der Waals surface area contributed by atoms with E-state index in [-0.39, 0.29) is 51.0 Å². The van der Waals surface area contributed by atoms with Gasteiger partial charge in [-0.2, -0.15) is 0 Å². The Morgan fingerprint density at radius 2 is 1.64 bits per heavy atom. The predicted molar refractivity (Wildman–Crippen MR) is 217 cm³/mol. The molecule has 5 fully saturated rings. The highest BCUT2D eigenvalue weighted by molar-refractivity contribution is 6.30. The highest BCUT2D eigenvalue weighted by Crippen LogP contribution is 2.77. The van der Waals surface area contributed by atoms with Crippen LogP contribution in [-0.4, -0.2) is 42.6 Å². The number of hydrogen-bond donors (Lipinski definition) is 2. The van der Waals surface area contributed by atoms with E-state index in [0.29, 0.717) is 47.9 Å². The van der Waals surface area contributed by atoms with Crippen LogP contribution >= 0.6 is 11.6 Å². The molecule has 0 saturated heterocycles. The number of ketones is 1. The summed E-state index contributed by atoms with van der Waals surface area (Å²) in [6.07, 6.45) is 10.5. The first-order chi connectivity index (χ1) is 25.7. The normalized spacial score (nSPS) is 40.0. The quantitative estimate of drug-likeness (QED) is 0.180. The number of rotatable bonds is 10. The van der Waals surface area contributed by atoms with E-state index >= 15 is 0 Å². The number of benzene rings is 1. The van der Waals surface area contributed by atoms with E-state index in [9.17, 15) is 19.5 Å². The van der Waals surface area contributed by atoms with Crippen LogP contribution in [0.4, 0.5) is 0 Å². The van der Waals surface area contributed by atoms with Crippen molar-refractivity contribution in [2.45, 2.75) is 146 Å². The molecule has 304 valence electrons. The predicted octanol–water partition coefficient (Wildman–Crippen LogP) is 10.5. The van der Waals surface area contributed by atoms with Crippen LogP contribution in [0.15, 0.2) is 29.3 Å². The standard InChI is InChI=1S/C47H68ClNO6/c1-27(2)38-33(50)25-47(21-22-49-26-28-11-12-29(48)23-34(28)54-10)20-19-45(8)30(39(38)47)13-14-36-44(7)17-16-37(43(5,6)35(44)15-18-46(36,45)9)55-41(53)32-24-31(40(51)52)42(32,3)4/h11-12,23,27,30-32,35-37,49H,13-22,24-26H2,1-10H3,(H,51,52)/t30-,31+,32-,35+,36-,37+,44+,45-,46-,47-/m1/s1. The first-order valence-electron chi connectivity index (χ1n) is 21.4. The van der Waals surface area contributed by atoms with E-state index in [4.69, 9.17) is 21.1 Å². The zero-order chi connectivity index (χ0) is 40.1. The second-order valence-corrected chi connectivity index (χ2v) is 21.6. The number of methoxy groups -OCH3 is 1. The van der Waals surface area contributed by atoms with Gasteiger partial charge in [-0.1, -0.05) is 85.6 Å². The second-order valence-electron chi connectivity index (χ2n) is 21.1. The van der Waals surface area contributed by atoms with Gasteiger partial charge in [-0.3, -0.25) is 14.4 Å². The van der Waals surface area contributed by atoms with Crippen molar-refractivity contribution in [1.82, 2.24) is 5.32 Å². The third-order valence-electron chi connectivity index (χ3n) is 18.0. The minimum Gasteiger partial charge on any atom is -0.496 e. The van der Waals surface area contributed by atoms with E-state index in [1.54, 1.807) is 7.11 Å². The van der Waals surface area contributed by atoms with Crippen molar-refractivity contribution in [3.63, 3.8) is 0 Å². The van der Waals surface area contributed by atoms with Gasteiger partial charge in [0, 0.05) is 34.4 Å². The average molecular weight is 779 g/mol. The maximum atomic E-state index is 14.1. The molecule has 0 heterocycles. The number of hydrogen-bond acceptors (Lipinski definition) is 6. The van der Waals surface area contributed by atoms with E-state index in [1.807, 2.05) is 32.0 Å². The van der Waals surface area contributed by atoms with Crippen LogP contribution in [-0.2, 0) is 25.7 Å². The molecule has 1 aromatic rings. The van der Waals surface area contributed by atoms with E-state index in [2.05, 4.69) is 53.8 Å². The summed E-state index contributed by atoms with van der Waals surface area (Å²) in [4.78, 5) is 39.5. The van der Waals surface area contributed by atoms with Crippen LogP contribution < -0.4 is 10.1 Å². The average Bonchev–Trinajstić information content (AvgIpc) is 3.40. The zero-order valence-electron chi connectivity index (χ0n) is 35.3. The van der Waals surface area contributed by atoms with Gasteiger partial charge in [-0.25, -0.2) is 0 Å². The lowest BCUT2D eigenvalue weighted by atomic mass is 9.33. The van der Waals surface area contributed by atoms with E-state index in [0.717, 1.165) is 74.8 Å². The number of allylic oxidation sites excluding steroid dienone is 2. The molecule has 10 atom stereocenters. The van der Waals surface area contributed by atoms with Crippen LogP contribution in [0.3, 0.4) is 0 Å². The number of esters is 1. The molecule has 0 radical (unpaired) electrons. The highest BCUT2D eigenvalue weighted by Gasteiger charge is 2.70. The molecule has 0 spiro atoms. The first-order valence-corrected chi connectivity index (χ1v) is 21.8. The Hall–Kier alpha value is -2.38. The van der Waals surface area contributed by atoms with Gasteiger partial charge in [0.05, 0.1) is 18.9 Å². The van der Waals surface area contributed by atoms with Gasteiger partial charge in [0.15, 0.2) is 5.78 Å². The van der Waals surface area contributed by atoms with Gasteiger partial charge in [0.2, 0.25) is 0 Å². The summed E-state index contributed by atoms with van der Waals surface area (Å²) in [5, 5.41) is 14.0. The third-order valence-corrected chi connectivity index (χ3v) is 18.2. The number of carbonyl (C=O) groups excluding carboxylic acids is 2. The molecule has 0 aromatic heterocycles. The molecule has 6 aliphatic carbocycles. The van der Waals surface area contributed by atoms with Gasteiger partial charge >= 0.3 is 11.9 Å². The number of carboxylic acids is 1.